The van der Waals surface area contributed by atoms with E-state index in [0.717, 1.165) is 18.7 Å². The molecule has 4 heterocycles. The summed E-state index contributed by atoms with van der Waals surface area (Å²) in [7, 11) is 6.58. The Morgan fingerprint density at radius 2 is 1.89 bits per heavy atom. The lowest BCUT2D eigenvalue weighted by Gasteiger charge is -2.42. The maximum Gasteiger partial charge on any atom is 0.234 e. The van der Waals surface area contributed by atoms with Crippen molar-refractivity contribution >= 4 is 31.3 Å². The van der Waals surface area contributed by atoms with Gasteiger partial charge >= 0.3 is 0 Å². The fourth-order valence-corrected chi connectivity index (χ4v) is 7.26. The monoisotopic (exact) mass is 373 g/mol. The second-order valence-electron chi connectivity index (χ2n) is 8.00. The predicted octanol–water partition coefficient (Wildman–Crippen LogP) is 2.53. The number of carbonyl (C=O) groups excluding carboxylic acids is 1. The number of amides is 1. The Kier molecular flexibility index (Phi) is 3.31. The van der Waals surface area contributed by atoms with E-state index in [0.29, 0.717) is 5.75 Å². The van der Waals surface area contributed by atoms with E-state index >= 15 is 0 Å². The van der Waals surface area contributed by atoms with Crippen LogP contribution in [0.5, 0.6) is 0 Å². The molecule has 3 unspecified atom stereocenters. The van der Waals surface area contributed by atoms with Gasteiger partial charge in [-0.25, -0.2) is 0 Å². The second-order valence-corrected chi connectivity index (χ2v) is 9.13. The summed E-state index contributed by atoms with van der Waals surface area (Å²) in [6, 6.07) is 19.3. The smallest absolute Gasteiger partial charge is 0.234 e. The summed E-state index contributed by atoms with van der Waals surface area (Å²) in [5.74, 6) is 0.752. The number of fused-ring (bicyclic) bond motifs is 4. The van der Waals surface area contributed by atoms with E-state index in [9.17, 15) is 4.79 Å². The maximum atomic E-state index is 13.1. The van der Waals surface area contributed by atoms with Crippen LogP contribution in [0.4, 0.5) is 5.69 Å². The molecule has 3 fully saturated rings. The summed E-state index contributed by atoms with van der Waals surface area (Å²) in [5.41, 5.74) is 3.65. The average molecular weight is 373 g/mol. The number of benzene rings is 2. The van der Waals surface area contributed by atoms with Crippen LogP contribution in [0.3, 0.4) is 0 Å². The van der Waals surface area contributed by atoms with Crippen LogP contribution in [0.1, 0.15) is 22.8 Å². The van der Waals surface area contributed by atoms with Crippen LogP contribution in [-0.2, 0) is 10.2 Å². The molecule has 2 radical (unpaired) electrons. The molecule has 1 spiro atoms. The van der Waals surface area contributed by atoms with Crippen molar-refractivity contribution < 1.29 is 4.79 Å². The SMILES string of the molecule is [B]N1CCC23c4ccccc4N[C@@H]2N2C(=O)CSC(c4ccccc4)[C@@H]2C13. The Morgan fingerprint density at radius 1 is 1.11 bits per heavy atom. The van der Waals surface area contributed by atoms with Crippen molar-refractivity contribution in [1.82, 2.24) is 9.71 Å². The minimum Gasteiger partial charge on any atom is -0.364 e. The van der Waals surface area contributed by atoms with Crippen LogP contribution in [0.15, 0.2) is 54.6 Å². The molecule has 4 aliphatic heterocycles. The van der Waals surface area contributed by atoms with Crippen molar-refractivity contribution in [2.75, 3.05) is 17.6 Å². The van der Waals surface area contributed by atoms with Gasteiger partial charge in [0.2, 0.25) is 5.91 Å². The van der Waals surface area contributed by atoms with E-state index in [2.05, 4.69) is 58.7 Å². The number of hydrogen-bond acceptors (Lipinski definition) is 4. The molecule has 4 nitrogen and oxygen atoms in total. The van der Waals surface area contributed by atoms with Gasteiger partial charge in [-0.1, -0.05) is 48.5 Å². The van der Waals surface area contributed by atoms with Gasteiger partial charge in [-0.3, -0.25) is 4.79 Å². The van der Waals surface area contributed by atoms with Crippen molar-refractivity contribution in [2.24, 2.45) is 0 Å². The molecule has 6 heteroatoms. The summed E-state index contributed by atoms with van der Waals surface area (Å²) in [5, 5.41) is 3.94. The second kappa shape index (κ2) is 5.55. The zero-order chi connectivity index (χ0) is 18.2. The molecule has 2 aromatic carbocycles. The number of hydrogen-bond donors (Lipinski definition) is 1. The third-order valence-corrected chi connectivity index (χ3v) is 8.24. The molecule has 1 N–H and O–H groups in total. The molecule has 134 valence electrons. The molecular formula is C21H20BN3OS. The Balaban J connectivity index is 1.54. The Labute approximate surface area is 164 Å². The molecule has 2 aromatic rings. The zero-order valence-electron chi connectivity index (χ0n) is 14.9. The highest BCUT2D eigenvalue weighted by Gasteiger charge is 2.69. The van der Waals surface area contributed by atoms with Crippen LogP contribution in [-0.4, -0.2) is 54.1 Å². The maximum absolute atomic E-state index is 13.1. The van der Waals surface area contributed by atoms with Gasteiger partial charge in [-0.15, -0.1) is 11.8 Å². The molecule has 4 aliphatic rings. The molecular weight excluding hydrogens is 353 g/mol. The highest BCUT2D eigenvalue weighted by Crippen LogP contribution is 2.61. The highest BCUT2D eigenvalue weighted by atomic mass is 32.2. The highest BCUT2D eigenvalue weighted by molar-refractivity contribution is 8.00. The quantitative estimate of drug-likeness (QED) is 0.780. The van der Waals surface area contributed by atoms with E-state index in [1.807, 2.05) is 10.9 Å². The first-order valence-electron chi connectivity index (χ1n) is 9.57. The summed E-state index contributed by atoms with van der Waals surface area (Å²) >= 11 is 1.77. The van der Waals surface area contributed by atoms with Gasteiger partial charge in [0.15, 0.2) is 7.98 Å². The van der Waals surface area contributed by atoms with Gasteiger partial charge < -0.3 is 15.0 Å². The molecule has 27 heavy (non-hydrogen) atoms. The van der Waals surface area contributed by atoms with Gasteiger partial charge in [0, 0.05) is 11.7 Å². The molecule has 3 saturated heterocycles. The third-order valence-electron chi connectivity index (χ3n) is 6.91. The number of nitrogens with one attached hydrogen (secondary N) is 1. The standard InChI is InChI=1S/C21H20BN3OS/c22-24-11-10-21-14-8-4-5-9-15(14)23-20(21)25-16(26)12-27-18(17(25)19(21)24)13-6-2-1-3-7-13/h1-9,17-20,23H,10-12H2/t17-,18?,19?,20-,21?/m1/s1. The first-order valence-corrected chi connectivity index (χ1v) is 10.6. The lowest BCUT2D eigenvalue weighted by molar-refractivity contribution is -0.132. The summed E-state index contributed by atoms with van der Waals surface area (Å²) in [6.07, 6.45) is 0.980. The number of nitrogens with zero attached hydrogens (tertiary/aromatic N) is 2. The van der Waals surface area contributed by atoms with Gasteiger partial charge in [0.1, 0.15) is 6.17 Å². The fraction of sp³-hybridized carbons (Fsp3) is 0.381. The van der Waals surface area contributed by atoms with Gasteiger partial charge in [-0.2, -0.15) is 0 Å². The Morgan fingerprint density at radius 3 is 2.74 bits per heavy atom. The van der Waals surface area contributed by atoms with Crippen molar-refractivity contribution in [1.29, 1.82) is 0 Å². The molecule has 0 bridgehead atoms. The number of carbonyl (C=O) groups is 1. The number of thioether (sulfide) groups is 1. The molecule has 0 saturated carbocycles. The summed E-state index contributed by atoms with van der Waals surface area (Å²) in [6.45, 7) is 0.863. The number of para-hydroxylation sites is 1. The van der Waals surface area contributed by atoms with Crippen LogP contribution in [0.25, 0.3) is 0 Å². The minimum atomic E-state index is -0.121. The van der Waals surface area contributed by atoms with E-state index in [1.54, 1.807) is 11.8 Å². The van der Waals surface area contributed by atoms with Gasteiger partial charge in [0.05, 0.1) is 22.5 Å². The summed E-state index contributed by atoms with van der Waals surface area (Å²) in [4.78, 5) is 17.2. The first kappa shape index (κ1) is 16.1. The lowest BCUT2D eigenvalue weighted by atomic mass is 9.73. The number of rotatable bonds is 1. The fourth-order valence-electron chi connectivity index (χ4n) is 5.96. The van der Waals surface area contributed by atoms with Crippen molar-refractivity contribution in [3.63, 3.8) is 0 Å². The van der Waals surface area contributed by atoms with Crippen LogP contribution >= 0.6 is 11.8 Å². The zero-order valence-corrected chi connectivity index (χ0v) is 15.7. The van der Waals surface area contributed by atoms with Crippen LogP contribution in [0, 0.1) is 0 Å². The van der Waals surface area contributed by atoms with E-state index in [1.165, 1.54) is 11.1 Å². The third kappa shape index (κ3) is 1.93. The molecule has 0 aromatic heterocycles. The van der Waals surface area contributed by atoms with Crippen molar-refractivity contribution in [3.05, 3.63) is 65.7 Å². The normalized spacial score (nSPS) is 36.7. The van der Waals surface area contributed by atoms with E-state index < -0.39 is 0 Å². The van der Waals surface area contributed by atoms with Gasteiger partial charge in [0.25, 0.3) is 0 Å². The molecule has 6 rings (SSSR count). The molecule has 0 aliphatic carbocycles. The van der Waals surface area contributed by atoms with Crippen LogP contribution in [0.2, 0.25) is 0 Å². The lowest BCUT2D eigenvalue weighted by Crippen LogP contribution is -2.54. The largest absolute Gasteiger partial charge is 0.364 e. The topological polar surface area (TPSA) is 35.6 Å². The molecule has 5 atom stereocenters. The predicted molar refractivity (Wildman–Crippen MR) is 109 cm³/mol. The molecule has 1 amide bonds. The first-order chi connectivity index (χ1) is 13.2. The average Bonchev–Trinajstić information content (AvgIpc) is 3.30. The number of anilines is 1. The summed E-state index contributed by atoms with van der Waals surface area (Å²) < 4.78 is 0. The van der Waals surface area contributed by atoms with E-state index in [-0.39, 0.29) is 34.8 Å². The Bertz CT molecular complexity index is 925. The minimum absolute atomic E-state index is 0.00179. The Hall–Kier alpha value is -1.92. The van der Waals surface area contributed by atoms with Crippen molar-refractivity contribution in [3.8, 4) is 0 Å². The van der Waals surface area contributed by atoms with E-state index in [4.69, 9.17) is 7.98 Å². The van der Waals surface area contributed by atoms with Crippen LogP contribution < -0.4 is 5.32 Å². The van der Waals surface area contributed by atoms with Gasteiger partial charge in [-0.05, 0) is 30.2 Å². The van der Waals surface area contributed by atoms with Crippen molar-refractivity contribution in [2.45, 2.75) is 35.3 Å².